The van der Waals surface area contributed by atoms with Gasteiger partial charge in [0.15, 0.2) is 5.78 Å². The number of rotatable bonds is 1. The highest BCUT2D eigenvalue weighted by molar-refractivity contribution is 7.99. The van der Waals surface area contributed by atoms with E-state index in [1.165, 1.54) is 30.0 Å². The molecule has 1 aromatic rings. The third-order valence-corrected chi connectivity index (χ3v) is 4.87. The van der Waals surface area contributed by atoms with E-state index in [9.17, 15) is 4.79 Å². The van der Waals surface area contributed by atoms with Gasteiger partial charge in [0, 0.05) is 35.7 Å². The average Bonchev–Trinajstić information content (AvgIpc) is 2.75. The number of carbonyl (C=O) groups excluding carboxylic acids is 1. The Morgan fingerprint density at radius 3 is 3.06 bits per heavy atom. The fourth-order valence-corrected chi connectivity index (χ4v) is 3.97. The summed E-state index contributed by atoms with van der Waals surface area (Å²) in [7, 11) is 0. The number of fused-ring (bicyclic) bond motifs is 1. The number of thioether (sulfide) groups is 1. The van der Waals surface area contributed by atoms with Crippen molar-refractivity contribution in [1.82, 2.24) is 4.57 Å². The molecular formula is C13H17NOS. The molecule has 0 radical (unpaired) electrons. The van der Waals surface area contributed by atoms with Crippen LogP contribution in [0.1, 0.15) is 47.8 Å². The molecule has 16 heavy (non-hydrogen) atoms. The molecule has 2 aliphatic rings. The molecule has 3 rings (SSSR count). The second-order valence-electron chi connectivity index (χ2n) is 4.73. The number of nitrogens with zero attached hydrogens (tertiary/aromatic N) is 1. The van der Waals surface area contributed by atoms with E-state index in [0.29, 0.717) is 11.8 Å². The molecule has 1 fully saturated rings. The standard InChI is InChI=1S/C13H17NOS/c15-13-5-1-4-12-11(13)6-7-14(12)10-3-2-8-16-9-10/h6-7,10H,1-5,8-9H2. The van der Waals surface area contributed by atoms with Crippen molar-refractivity contribution in [2.75, 3.05) is 11.5 Å². The summed E-state index contributed by atoms with van der Waals surface area (Å²) in [4.78, 5) is 11.8. The maximum atomic E-state index is 11.8. The van der Waals surface area contributed by atoms with E-state index in [0.717, 1.165) is 24.8 Å². The summed E-state index contributed by atoms with van der Waals surface area (Å²) in [5, 5.41) is 0. The van der Waals surface area contributed by atoms with E-state index >= 15 is 0 Å². The zero-order valence-electron chi connectivity index (χ0n) is 9.45. The van der Waals surface area contributed by atoms with Crippen molar-refractivity contribution in [2.24, 2.45) is 0 Å². The van der Waals surface area contributed by atoms with Gasteiger partial charge in [0.1, 0.15) is 0 Å². The van der Waals surface area contributed by atoms with Crippen LogP contribution in [-0.2, 0) is 6.42 Å². The Labute approximate surface area is 100 Å². The lowest BCUT2D eigenvalue weighted by Gasteiger charge is -2.26. The maximum absolute atomic E-state index is 11.8. The lowest BCUT2D eigenvalue weighted by Crippen LogP contribution is -2.20. The summed E-state index contributed by atoms with van der Waals surface area (Å²) < 4.78 is 2.39. The Bertz CT molecular complexity index is 404. The summed E-state index contributed by atoms with van der Waals surface area (Å²) in [5.74, 6) is 2.87. The molecule has 0 amide bonds. The van der Waals surface area contributed by atoms with Crippen LogP contribution < -0.4 is 0 Å². The van der Waals surface area contributed by atoms with Gasteiger partial charge in [-0.15, -0.1) is 0 Å². The summed E-state index contributed by atoms with van der Waals surface area (Å²) in [6.07, 6.45) is 7.62. The van der Waals surface area contributed by atoms with Gasteiger partial charge in [-0.05, 0) is 37.5 Å². The number of ketones is 1. The van der Waals surface area contributed by atoms with Crippen LogP contribution in [0.4, 0.5) is 0 Å². The Balaban J connectivity index is 1.92. The zero-order valence-corrected chi connectivity index (χ0v) is 10.3. The van der Waals surface area contributed by atoms with Gasteiger partial charge in [-0.2, -0.15) is 11.8 Å². The molecule has 1 atom stereocenters. The van der Waals surface area contributed by atoms with Gasteiger partial charge in [0.05, 0.1) is 0 Å². The molecule has 3 heteroatoms. The van der Waals surface area contributed by atoms with Crippen molar-refractivity contribution in [3.05, 3.63) is 23.5 Å². The second-order valence-corrected chi connectivity index (χ2v) is 5.88. The number of carbonyl (C=O) groups is 1. The summed E-state index contributed by atoms with van der Waals surface area (Å²) >= 11 is 2.05. The summed E-state index contributed by atoms with van der Waals surface area (Å²) in [5.41, 5.74) is 2.31. The summed E-state index contributed by atoms with van der Waals surface area (Å²) in [6, 6.07) is 2.67. The van der Waals surface area contributed by atoms with Crippen molar-refractivity contribution in [2.45, 2.75) is 38.1 Å². The third kappa shape index (κ3) is 1.71. The predicted octanol–water partition coefficient (Wildman–Crippen LogP) is 3.08. The van der Waals surface area contributed by atoms with E-state index in [2.05, 4.69) is 10.8 Å². The third-order valence-electron chi connectivity index (χ3n) is 3.67. The largest absolute Gasteiger partial charge is 0.347 e. The fraction of sp³-hybridized carbons (Fsp3) is 0.615. The predicted molar refractivity (Wildman–Crippen MR) is 67.3 cm³/mol. The molecule has 0 spiro atoms. The molecule has 0 N–H and O–H groups in total. The molecule has 2 nitrogen and oxygen atoms in total. The first-order chi connectivity index (χ1) is 7.86. The monoisotopic (exact) mass is 235 g/mol. The highest BCUT2D eigenvalue weighted by atomic mass is 32.2. The molecule has 1 unspecified atom stereocenters. The van der Waals surface area contributed by atoms with Gasteiger partial charge < -0.3 is 4.57 Å². The molecule has 86 valence electrons. The molecule has 0 bridgehead atoms. The normalized spacial score (nSPS) is 25.5. The van der Waals surface area contributed by atoms with E-state index in [1.54, 1.807) is 0 Å². The lowest BCUT2D eigenvalue weighted by atomic mass is 9.96. The van der Waals surface area contributed by atoms with Crippen LogP contribution in [0.2, 0.25) is 0 Å². The smallest absolute Gasteiger partial charge is 0.164 e. The van der Waals surface area contributed by atoms with Crippen LogP contribution in [-0.4, -0.2) is 21.9 Å². The van der Waals surface area contributed by atoms with Gasteiger partial charge in [-0.1, -0.05) is 0 Å². The van der Waals surface area contributed by atoms with Crippen LogP contribution in [0.3, 0.4) is 0 Å². The van der Waals surface area contributed by atoms with Crippen molar-refractivity contribution in [1.29, 1.82) is 0 Å². The van der Waals surface area contributed by atoms with Crippen LogP contribution >= 0.6 is 11.8 Å². The van der Waals surface area contributed by atoms with Crippen LogP contribution in [0, 0.1) is 0 Å². The van der Waals surface area contributed by atoms with Crippen LogP contribution in [0.5, 0.6) is 0 Å². The molecule has 0 saturated carbocycles. The molecule has 1 aromatic heterocycles. The maximum Gasteiger partial charge on any atom is 0.164 e. The number of hydrogen-bond acceptors (Lipinski definition) is 2. The Kier molecular flexibility index (Phi) is 2.80. The van der Waals surface area contributed by atoms with Crippen molar-refractivity contribution in [3.63, 3.8) is 0 Å². The zero-order chi connectivity index (χ0) is 11.0. The molecule has 0 aromatic carbocycles. The molecular weight excluding hydrogens is 218 g/mol. The van der Waals surface area contributed by atoms with E-state index in [-0.39, 0.29) is 0 Å². The number of Topliss-reactive ketones (excluding diaryl/α,β-unsaturated/α-hetero) is 1. The second kappa shape index (κ2) is 4.28. The molecule has 1 aliphatic heterocycles. The minimum Gasteiger partial charge on any atom is -0.347 e. The Hall–Kier alpha value is -0.700. The first kappa shape index (κ1) is 10.5. The average molecular weight is 235 g/mol. The Morgan fingerprint density at radius 2 is 2.25 bits per heavy atom. The quantitative estimate of drug-likeness (QED) is 0.746. The molecule has 1 aliphatic carbocycles. The minimum atomic E-state index is 0.350. The van der Waals surface area contributed by atoms with Crippen molar-refractivity contribution in [3.8, 4) is 0 Å². The topological polar surface area (TPSA) is 22.0 Å². The van der Waals surface area contributed by atoms with E-state index < -0.39 is 0 Å². The van der Waals surface area contributed by atoms with Crippen LogP contribution in [0.25, 0.3) is 0 Å². The molecule has 1 saturated heterocycles. The first-order valence-corrected chi connectivity index (χ1v) is 7.32. The highest BCUT2D eigenvalue weighted by Crippen LogP contribution is 2.31. The van der Waals surface area contributed by atoms with Gasteiger partial charge in [0.2, 0.25) is 0 Å². The van der Waals surface area contributed by atoms with Gasteiger partial charge in [-0.25, -0.2) is 0 Å². The number of hydrogen-bond donors (Lipinski definition) is 0. The van der Waals surface area contributed by atoms with Gasteiger partial charge in [0.25, 0.3) is 0 Å². The highest BCUT2D eigenvalue weighted by Gasteiger charge is 2.24. The summed E-state index contributed by atoms with van der Waals surface area (Å²) in [6.45, 7) is 0. The SMILES string of the molecule is O=C1CCCc2c1ccn2C1CCCSC1. The first-order valence-electron chi connectivity index (χ1n) is 6.17. The van der Waals surface area contributed by atoms with E-state index in [4.69, 9.17) is 0 Å². The lowest BCUT2D eigenvalue weighted by molar-refractivity contribution is 0.0971. The van der Waals surface area contributed by atoms with Gasteiger partial charge in [-0.3, -0.25) is 4.79 Å². The minimum absolute atomic E-state index is 0.350. The fourth-order valence-electron chi connectivity index (χ4n) is 2.83. The van der Waals surface area contributed by atoms with Gasteiger partial charge >= 0.3 is 0 Å². The number of aromatic nitrogens is 1. The van der Waals surface area contributed by atoms with Crippen molar-refractivity contribution >= 4 is 17.5 Å². The van der Waals surface area contributed by atoms with Crippen LogP contribution in [0.15, 0.2) is 12.3 Å². The van der Waals surface area contributed by atoms with Crippen molar-refractivity contribution < 1.29 is 4.79 Å². The molecule has 2 heterocycles. The van der Waals surface area contributed by atoms with E-state index in [1.807, 2.05) is 17.8 Å². The Morgan fingerprint density at radius 1 is 1.31 bits per heavy atom.